The minimum atomic E-state index is -0.0394. The summed E-state index contributed by atoms with van der Waals surface area (Å²) in [6, 6.07) is 0.120. The van der Waals surface area contributed by atoms with Crippen molar-refractivity contribution >= 4 is 17.2 Å². The minimum absolute atomic E-state index is 0.0394. The van der Waals surface area contributed by atoms with Gasteiger partial charge in [-0.15, -0.1) is 11.3 Å². The van der Waals surface area contributed by atoms with Crippen molar-refractivity contribution in [1.29, 1.82) is 0 Å². The Morgan fingerprint density at radius 2 is 2.47 bits per heavy atom. The fraction of sp³-hybridized carbons (Fsp3) is 0.636. The van der Waals surface area contributed by atoms with Crippen molar-refractivity contribution in [2.75, 3.05) is 26.3 Å². The third-order valence-corrected chi connectivity index (χ3v) is 3.92. The number of hydrogen-bond donors (Lipinski definition) is 1. The lowest BCUT2D eigenvalue weighted by Crippen LogP contribution is -2.41. The number of amides is 1. The molecule has 2 fully saturated rings. The van der Waals surface area contributed by atoms with E-state index in [1.807, 2.05) is 11.6 Å². The van der Waals surface area contributed by atoms with Crippen LogP contribution < -0.4 is 5.32 Å². The lowest BCUT2D eigenvalue weighted by molar-refractivity contribution is -0.125. The van der Waals surface area contributed by atoms with Crippen LogP contribution in [0.3, 0.4) is 0 Å². The number of ether oxygens (including phenoxy) is 1. The number of carbonyl (C=O) groups excluding carboxylic acids is 1. The van der Waals surface area contributed by atoms with E-state index in [0.29, 0.717) is 13.2 Å². The predicted octanol–water partition coefficient (Wildman–Crippen LogP) is 0.0899. The molecule has 92 valence electrons. The molecule has 0 spiro atoms. The zero-order valence-electron chi connectivity index (χ0n) is 9.46. The van der Waals surface area contributed by atoms with Crippen LogP contribution in [-0.4, -0.2) is 48.1 Å². The van der Waals surface area contributed by atoms with E-state index < -0.39 is 0 Å². The second-order valence-electron chi connectivity index (χ2n) is 4.56. The molecule has 17 heavy (non-hydrogen) atoms. The highest BCUT2D eigenvalue weighted by atomic mass is 32.1. The van der Waals surface area contributed by atoms with Crippen molar-refractivity contribution in [3.05, 3.63) is 16.6 Å². The van der Waals surface area contributed by atoms with E-state index in [2.05, 4.69) is 15.2 Å². The van der Waals surface area contributed by atoms with E-state index >= 15 is 0 Å². The Bertz CT molecular complexity index is 395. The van der Waals surface area contributed by atoms with Gasteiger partial charge in [-0.05, 0) is 0 Å². The van der Waals surface area contributed by atoms with Crippen LogP contribution in [0, 0.1) is 5.92 Å². The molecule has 2 aliphatic rings. The van der Waals surface area contributed by atoms with Gasteiger partial charge in [0.1, 0.15) is 5.01 Å². The number of thiazole rings is 1. The topological polar surface area (TPSA) is 54.5 Å². The van der Waals surface area contributed by atoms with Gasteiger partial charge in [-0.25, -0.2) is 4.98 Å². The second-order valence-corrected chi connectivity index (χ2v) is 5.54. The lowest BCUT2D eigenvalue weighted by atomic mass is 10.1. The summed E-state index contributed by atoms with van der Waals surface area (Å²) in [6.07, 6.45) is 1.82. The maximum Gasteiger partial charge on any atom is 0.227 e. The summed E-state index contributed by atoms with van der Waals surface area (Å²) in [4.78, 5) is 18.4. The molecule has 3 rings (SSSR count). The summed E-state index contributed by atoms with van der Waals surface area (Å²) in [5.41, 5.74) is 0. The number of hydrogen-bond acceptors (Lipinski definition) is 5. The number of aromatic nitrogens is 1. The third-order valence-electron chi connectivity index (χ3n) is 3.15. The van der Waals surface area contributed by atoms with Gasteiger partial charge in [0, 0.05) is 24.7 Å². The molecular formula is C11H15N3O2S. The van der Waals surface area contributed by atoms with Crippen LogP contribution >= 0.6 is 11.3 Å². The Morgan fingerprint density at radius 3 is 3.29 bits per heavy atom. The van der Waals surface area contributed by atoms with E-state index in [-0.39, 0.29) is 17.9 Å². The van der Waals surface area contributed by atoms with Crippen LogP contribution in [0.25, 0.3) is 0 Å². The van der Waals surface area contributed by atoms with E-state index in [0.717, 1.165) is 24.6 Å². The maximum atomic E-state index is 11.8. The number of fused-ring (bicyclic) bond motifs is 3. The zero-order chi connectivity index (χ0) is 11.7. The van der Waals surface area contributed by atoms with Crippen molar-refractivity contribution in [1.82, 2.24) is 15.2 Å². The fourth-order valence-electron chi connectivity index (χ4n) is 2.37. The summed E-state index contributed by atoms with van der Waals surface area (Å²) in [7, 11) is 0. The molecule has 2 bridgehead atoms. The van der Waals surface area contributed by atoms with Crippen molar-refractivity contribution in [3.63, 3.8) is 0 Å². The van der Waals surface area contributed by atoms with Crippen molar-refractivity contribution < 1.29 is 9.53 Å². The Balaban J connectivity index is 1.72. The monoisotopic (exact) mass is 253 g/mol. The van der Waals surface area contributed by atoms with Gasteiger partial charge in [-0.1, -0.05) is 0 Å². The molecule has 1 aromatic heterocycles. The summed E-state index contributed by atoms with van der Waals surface area (Å²) >= 11 is 1.66. The van der Waals surface area contributed by atoms with Crippen LogP contribution in [0.15, 0.2) is 11.6 Å². The van der Waals surface area contributed by atoms with Crippen LogP contribution in [0.5, 0.6) is 0 Å². The highest BCUT2D eigenvalue weighted by Crippen LogP contribution is 2.16. The van der Waals surface area contributed by atoms with Crippen molar-refractivity contribution in [3.8, 4) is 0 Å². The van der Waals surface area contributed by atoms with Crippen molar-refractivity contribution in [2.45, 2.75) is 12.6 Å². The average Bonchev–Trinajstić information content (AvgIpc) is 2.65. The van der Waals surface area contributed by atoms with Gasteiger partial charge in [0.15, 0.2) is 0 Å². The molecule has 1 amide bonds. The molecule has 6 heteroatoms. The molecule has 0 unspecified atom stereocenters. The molecule has 0 aromatic carbocycles. The SMILES string of the molecule is O=C1N[C@@H]2COC[C@H]1CN(Cc1nccs1)C2. The average molecular weight is 253 g/mol. The summed E-state index contributed by atoms with van der Waals surface area (Å²) in [5.74, 6) is 0.0941. The molecule has 0 saturated carbocycles. The van der Waals surface area contributed by atoms with E-state index in [4.69, 9.17) is 4.74 Å². The molecule has 2 atom stereocenters. The van der Waals surface area contributed by atoms with Gasteiger partial charge in [0.25, 0.3) is 0 Å². The Hall–Kier alpha value is -0.980. The molecule has 5 nitrogen and oxygen atoms in total. The summed E-state index contributed by atoms with van der Waals surface area (Å²) in [5, 5.41) is 6.12. The molecule has 2 aliphatic heterocycles. The quantitative estimate of drug-likeness (QED) is 0.811. The smallest absolute Gasteiger partial charge is 0.227 e. The van der Waals surface area contributed by atoms with E-state index in [1.54, 1.807) is 11.3 Å². The largest absolute Gasteiger partial charge is 0.378 e. The van der Waals surface area contributed by atoms with E-state index in [1.165, 1.54) is 0 Å². The first-order chi connectivity index (χ1) is 8.31. The zero-order valence-corrected chi connectivity index (χ0v) is 10.3. The molecule has 1 N–H and O–H groups in total. The van der Waals surface area contributed by atoms with Crippen LogP contribution in [-0.2, 0) is 16.1 Å². The van der Waals surface area contributed by atoms with Gasteiger partial charge < -0.3 is 10.1 Å². The van der Waals surface area contributed by atoms with Crippen molar-refractivity contribution in [2.24, 2.45) is 5.92 Å². The number of carbonyl (C=O) groups is 1. The molecular weight excluding hydrogens is 238 g/mol. The molecule has 0 aliphatic carbocycles. The van der Waals surface area contributed by atoms with Gasteiger partial charge in [0.2, 0.25) is 5.91 Å². The summed E-state index contributed by atoms with van der Waals surface area (Å²) in [6.45, 7) is 3.61. The molecule has 2 saturated heterocycles. The van der Waals surface area contributed by atoms with Crippen LogP contribution in [0.4, 0.5) is 0 Å². The number of nitrogens with zero attached hydrogens (tertiary/aromatic N) is 2. The Morgan fingerprint density at radius 1 is 1.53 bits per heavy atom. The van der Waals surface area contributed by atoms with E-state index in [9.17, 15) is 4.79 Å². The fourth-order valence-corrected chi connectivity index (χ4v) is 3.03. The van der Waals surface area contributed by atoms with Gasteiger partial charge in [0.05, 0.1) is 31.7 Å². The first-order valence-corrected chi connectivity index (χ1v) is 6.68. The molecule has 3 heterocycles. The molecule has 1 aromatic rings. The first-order valence-electron chi connectivity index (χ1n) is 5.80. The number of rotatable bonds is 2. The predicted molar refractivity (Wildman–Crippen MR) is 63.6 cm³/mol. The van der Waals surface area contributed by atoms with Gasteiger partial charge >= 0.3 is 0 Å². The van der Waals surface area contributed by atoms with Gasteiger partial charge in [-0.3, -0.25) is 9.69 Å². The lowest BCUT2D eigenvalue weighted by Gasteiger charge is -2.26. The Kier molecular flexibility index (Phi) is 3.09. The summed E-state index contributed by atoms with van der Waals surface area (Å²) < 4.78 is 5.49. The molecule has 0 radical (unpaired) electrons. The third kappa shape index (κ3) is 2.48. The highest BCUT2D eigenvalue weighted by molar-refractivity contribution is 7.09. The minimum Gasteiger partial charge on any atom is -0.378 e. The normalized spacial score (nSPS) is 29.8. The Labute approximate surface area is 104 Å². The standard InChI is InChI=1S/C11H15N3O2S/c15-11-8-3-14(5-10-12-1-2-17-10)4-9(13-11)7-16-6-8/h1-2,8-9H,3-7H2,(H,13,15)/t8-,9+/m1/s1. The first kappa shape index (κ1) is 11.1. The number of nitrogens with one attached hydrogen (secondary N) is 1. The second kappa shape index (κ2) is 4.72. The van der Waals surface area contributed by atoms with Crippen LogP contribution in [0.1, 0.15) is 5.01 Å². The highest BCUT2D eigenvalue weighted by Gasteiger charge is 2.33. The van der Waals surface area contributed by atoms with Gasteiger partial charge in [-0.2, -0.15) is 0 Å². The maximum absolute atomic E-state index is 11.8. The van der Waals surface area contributed by atoms with Crippen LogP contribution in [0.2, 0.25) is 0 Å².